The minimum absolute atomic E-state index is 0.0650. The Hall–Kier alpha value is -0.170. The molecular formula is C14H24Cl2N2O6P2. The zero-order valence-electron chi connectivity index (χ0n) is 15.1. The van der Waals surface area contributed by atoms with Gasteiger partial charge in [-0.05, 0) is 33.8 Å². The Labute approximate surface area is 163 Å². The van der Waals surface area contributed by atoms with Crippen LogP contribution in [0.5, 0.6) is 0 Å². The number of anilines is 1. The number of pyridine rings is 1. The van der Waals surface area contributed by atoms with Crippen LogP contribution in [0.1, 0.15) is 27.7 Å². The van der Waals surface area contributed by atoms with E-state index in [1.807, 2.05) is 0 Å². The third-order valence-electron chi connectivity index (χ3n) is 2.91. The zero-order chi connectivity index (χ0) is 19.8. The summed E-state index contributed by atoms with van der Waals surface area (Å²) >= 11 is 12.0. The van der Waals surface area contributed by atoms with Crippen LogP contribution in [-0.2, 0) is 27.2 Å². The van der Waals surface area contributed by atoms with E-state index in [0.29, 0.717) is 5.02 Å². The Kier molecular flexibility index (Phi) is 10.1. The van der Waals surface area contributed by atoms with Crippen LogP contribution in [0.3, 0.4) is 0 Å². The predicted octanol–water partition coefficient (Wildman–Crippen LogP) is 5.62. The zero-order valence-corrected chi connectivity index (χ0v) is 18.4. The Bertz CT molecular complexity index is 629. The van der Waals surface area contributed by atoms with Crippen LogP contribution in [0.2, 0.25) is 10.0 Å². The van der Waals surface area contributed by atoms with Gasteiger partial charge >= 0.3 is 15.2 Å². The van der Waals surface area contributed by atoms with Crippen LogP contribution in [0, 0.1) is 0 Å². The molecule has 0 atom stereocenters. The van der Waals surface area contributed by atoms with Gasteiger partial charge in [-0.15, -0.1) is 0 Å². The SMILES string of the molecule is CCOP(=O)(OCC)C(Nc1ncc(Cl)cc1Cl)P(=O)(OCC)OCC. The number of nitrogens with one attached hydrogen (secondary N) is 1. The number of halogens is 2. The van der Waals surface area contributed by atoms with Crippen LogP contribution >= 0.6 is 38.4 Å². The van der Waals surface area contributed by atoms with E-state index in [1.54, 1.807) is 27.7 Å². The summed E-state index contributed by atoms with van der Waals surface area (Å²) in [6, 6.07) is 1.44. The van der Waals surface area contributed by atoms with Crippen molar-refractivity contribution in [1.82, 2.24) is 4.98 Å². The Balaban J connectivity index is 3.44. The van der Waals surface area contributed by atoms with E-state index in [-0.39, 0.29) is 37.3 Å². The highest BCUT2D eigenvalue weighted by Crippen LogP contribution is 2.70. The molecule has 8 nitrogen and oxygen atoms in total. The van der Waals surface area contributed by atoms with E-state index >= 15 is 0 Å². The molecule has 1 N–H and O–H groups in total. The highest BCUT2D eigenvalue weighted by molar-refractivity contribution is 7.72. The first-order chi connectivity index (χ1) is 12.3. The van der Waals surface area contributed by atoms with Gasteiger partial charge in [0, 0.05) is 6.20 Å². The van der Waals surface area contributed by atoms with E-state index in [1.165, 1.54) is 12.3 Å². The van der Waals surface area contributed by atoms with Crippen molar-refractivity contribution in [2.45, 2.75) is 33.2 Å². The van der Waals surface area contributed by atoms with Crippen LogP contribution < -0.4 is 5.32 Å². The van der Waals surface area contributed by atoms with E-state index in [9.17, 15) is 9.13 Å². The molecule has 150 valence electrons. The molecule has 0 fully saturated rings. The van der Waals surface area contributed by atoms with E-state index < -0.39 is 20.7 Å². The van der Waals surface area contributed by atoms with Gasteiger partial charge < -0.3 is 23.4 Å². The highest BCUT2D eigenvalue weighted by atomic mass is 35.5. The van der Waals surface area contributed by atoms with Gasteiger partial charge in [0.15, 0.2) is 0 Å². The lowest BCUT2D eigenvalue weighted by Gasteiger charge is -2.32. The van der Waals surface area contributed by atoms with Gasteiger partial charge in [-0.25, -0.2) is 4.98 Å². The second kappa shape index (κ2) is 11.0. The molecule has 1 rings (SSSR count). The number of rotatable bonds is 12. The molecule has 0 aromatic carbocycles. The largest absolute Gasteiger partial charge is 0.365 e. The smallest absolute Gasteiger partial charge is 0.345 e. The first-order valence-corrected chi connectivity index (χ1v) is 12.1. The minimum atomic E-state index is -3.96. The molecule has 0 saturated heterocycles. The molecule has 0 aliphatic heterocycles. The van der Waals surface area contributed by atoms with Crippen molar-refractivity contribution in [3.63, 3.8) is 0 Å². The van der Waals surface area contributed by atoms with Crippen molar-refractivity contribution in [1.29, 1.82) is 0 Å². The monoisotopic (exact) mass is 448 g/mol. The van der Waals surface area contributed by atoms with Gasteiger partial charge in [0.1, 0.15) is 5.82 Å². The maximum atomic E-state index is 13.4. The molecule has 26 heavy (non-hydrogen) atoms. The quantitative estimate of drug-likeness (QED) is 0.411. The van der Waals surface area contributed by atoms with Gasteiger partial charge in [0.25, 0.3) is 0 Å². The second-order valence-corrected chi connectivity index (χ2v) is 10.2. The van der Waals surface area contributed by atoms with Gasteiger partial charge in [-0.1, -0.05) is 23.2 Å². The Morgan fingerprint density at radius 1 is 0.962 bits per heavy atom. The summed E-state index contributed by atoms with van der Waals surface area (Å²) in [5.74, 6) is 0.0975. The van der Waals surface area contributed by atoms with Crippen molar-refractivity contribution in [2.75, 3.05) is 31.7 Å². The third kappa shape index (κ3) is 6.18. The molecule has 0 saturated carbocycles. The minimum Gasteiger partial charge on any atom is -0.345 e. The summed E-state index contributed by atoms with van der Waals surface area (Å²) in [6.45, 7) is 6.83. The molecule has 0 unspecified atom stereocenters. The summed E-state index contributed by atoms with van der Waals surface area (Å²) in [4.78, 5) is 4.05. The fourth-order valence-electron chi connectivity index (χ4n) is 2.05. The number of nitrogens with zero attached hydrogens (tertiary/aromatic N) is 1. The van der Waals surface area contributed by atoms with Crippen LogP contribution in [0.4, 0.5) is 5.82 Å². The van der Waals surface area contributed by atoms with Gasteiger partial charge in [0.2, 0.25) is 5.52 Å². The molecule has 0 amide bonds. The van der Waals surface area contributed by atoms with Crippen LogP contribution in [0.15, 0.2) is 12.3 Å². The standard InChI is InChI=1S/C14H24Cl2N2O6P2/c1-5-21-25(19,22-6-2)14(26(20,23-7-3)24-8-4)18-13-12(16)9-11(15)10-17-13/h9-10,14H,5-8H2,1-4H3,(H,17,18). The lowest BCUT2D eigenvalue weighted by Crippen LogP contribution is -2.26. The maximum absolute atomic E-state index is 13.4. The molecule has 0 spiro atoms. The summed E-state index contributed by atoms with van der Waals surface area (Å²) in [5, 5.41) is 3.22. The topological polar surface area (TPSA) is 96.0 Å². The molecule has 12 heteroatoms. The molecular weight excluding hydrogens is 425 g/mol. The Morgan fingerprint density at radius 2 is 1.38 bits per heavy atom. The average Bonchev–Trinajstić information content (AvgIpc) is 2.54. The first kappa shape index (κ1) is 23.9. The lowest BCUT2D eigenvalue weighted by atomic mass is 10.4. The first-order valence-electron chi connectivity index (χ1n) is 8.11. The van der Waals surface area contributed by atoms with E-state index in [4.69, 9.17) is 41.3 Å². The van der Waals surface area contributed by atoms with E-state index in [2.05, 4.69) is 10.3 Å². The molecule has 0 radical (unpaired) electrons. The third-order valence-corrected chi connectivity index (χ3v) is 9.03. The summed E-state index contributed by atoms with van der Waals surface area (Å²) in [7, 11) is -7.93. The second-order valence-electron chi connectivity index (χ2n) is 4.75. The molecule has 1 aromatic heterocycles. The highest BCUT2D eigenvalue weighted by Gasteiger charge is 2.51. The number of aromatic nitrogens is 1. The fraction of sp³-hybridized carbons (Fsp3) is 0.643. The van der Waals surface area contributed by atoms with Crippen molar-refractivity contribution >= 4 is 44.2 Å². The van der Waals surface area contributed by atoms with Crippen molar-refractivity contribution in [3.8, 4) is 0 Å². The van der Waals surface area contributed by atoms with Gasteiger partial charge in [0.05, 0.1) is 36.5 Å². The number of hydrogen-bond acceptors (Lipinski definition) is 8. The normalized spacial score (nSPS) is 12.6. The molecule has 0 aliphatic carbocycles. The van der Waals surface area contributed by atoms with Crippen molar-refractivity contribution in [3.05, 3.63) is 22.3 Å². The molecule has 1 heterocycles. The predicted molar refractivity (Wildman–Crippen MR) is 103 cm³/mol. The summed E-state index contributed by atoms with van der Waals surface area (Å²) in [6.07, 6.45) is 1.34. The maximum Gasteiger partial charge on any atom is 0.365 e. The van der Waals surface area contributed by atoms with Gasteiger partial charge in [-0.3, -0.25) is 9.13 Å². The summed E-state index contributed by atoms with van der Waals surface area (Å²) in [5.41, 5.74) is -1.46. The molecule has 0 bridgehead atoms. The van der Waals surface area contributed by atoms with Gasteiger partial charge in [-0.2, -0.15) is 0 Å². The summed E-state index contributed by atoms with van der Waals surface area (Å²) < 4.78 is 48.1. The number of hydrogen-bond donors (Lipinski definition) is 1. The van der Waals surface area contributed by atoms with Crippen LogP contribution in [0.25, 0.3) is 0 Å². The lowest BCUT2D eigenvalue weighted by molar-refractivity contribution is 0.198. The average molecular weight is 449 g/mol. The van der Waals surface area contributed by atoms with E-state index in [0.717, 1.165) is 0 Å². The molecule has 0 aliphatic rings. The van der Waals surface area contributed by atoms with Crippen molar-refractivity contribution in [2.24, 2.45) is 0 Å². The molecule has 1 aromatic rings. The fourth-order valence-corrected chi connectivity index (χ4v) is 7.39. The van der Waals surface area contributed by atoms with Crippen molar-refractivity contribution < 1.29 is 27.2 Å². The van der Waals surface area contributed by atoms with Crippen LogP contribution in [-0.4, -0.2) is 36.9 Å². The Morgan fingerprint density at radius 3 is 1.73 bits per heavy atom.